The Morgan fingerprint density at radius 1 is 1.04 bits per heavy atom. The second-order valence-electron chi connectivity index (χ2n) is 5.14. The summed E-state index contributed by atoms with van der Waals surface area (Å²) in [4.78, 5) is 1.69. The standard InChI is InChI=1S/C14H22N4O5S/c1-21-11-8-10(9-12(22-2)13(11)23-3)24(19,20)18-6-4-17(5-7-18)14(15)16/h8-9H,4-7H2,1-3H3,(H3,15,16). The molecular weight excluding hydrogens is 336 g/mol. The average molecular weight is 358 g/mol. The number of hydrogen-bond donors (Lipinski definition) is 2. The topological polar surface area (TPSA) is 118 Å². The highest BCUT2D eigenvalue weighted by Crippen LogP contribution is 2.40. The first kappa shape index (κ1) is 18.1. The Hall–Kier alpha value is -2.20. The van der Waals surface area contributed by atoms with Crippen LogP contribution in [0.4, 0.5) is 0 Å². The molecule has 1 aliphatic heterocycles. The maximum atomic E-state index is 12.9. The first-order valence-corrected chi connectivity index (χ1v) is 8.68. The van der Waals surface area contributed by atoms with E-state index in [4.69, 9.17) is 25.4 Å². The van der Waals surface area contributed by atoms with Crippen LogP contribution in [0.2, 0.25) is 0 Å². The van der Waals surface area contributed by atoms with Gasteiger partial charge < -0.3 is 24.8 Å². The molecule has 0 radical (unpaired) electrons. The molecule has 0 aromatic heterocycles. The summed E-state index contributed by atoms with van der Waals surface area (Å²) in [5.74, 6) is 0.829. The molecule has 0 spiro atoms. The molecule has 1 aromatic rings. The second kappa shape index (κ2) is 7.14. The van der Waals surface area contributed by atoms with Crippen molar-refractivity contribution in [3.05, 3.63) is 12.1 Å². The van der Waals surface area contributed by atoms with Gasteiger partial charge in [0.15, 0.2) is 17.5 Å². The van der Waals surface area contributed by atoms with Crippen molar-refractivity contribution in [2.24, 2.45) is 5.73 Å². The van der Waals surface area contributed by atoms with E-state index in [-0.39, 0.29) is 35.4 Å². The molecule has 9 nitrogen and oxygen atoms in total. The maximum absolute atomic E-state index is 12.9. The Bertz CT molecular complexity index is 689. The number of nitrogens with two attached hydrogens (primary N) is 1. The molecule has 0 aliphatic carbocycles. The van der Waals surface area contributed by atoms with Gasteiger partial charge in [0.05, 0.1) is 26.2 Å². The summed E-state index contributed by atoms with van der Waals surface area (Å²) < 4.78 is 42.7. The number of sulfonamides is 1. The van der Waals surface area contributed by atoms with Crippen LogP contribution in [-0.4, -0.2) is 71.1 Å². The molecule has 2 rings (SSSR count). The van der Waals surface area contributed by atoms with E-state index in [9.17, 15) is 8.42 Å². The highest BCUT2D eigenvalue weighted by Gasteiger charge is 2.30. The minimum absolute atomic E-state index is 0.0557. The fourth-order valence-corrected chi connectivity index (χ4v) is 3.98. The number of guanidine groups is 1. The molecule has 0 atom stereocenters. The van der Waals surface area contributed by atoms with Gasteiger partial charge >= 0.3 is 0 Å². The highest BCUT2D eigenvalue weighted by molar-refractivity contribution is 7.89. The summed E-state index contributed by atoms with van der Waals surface area (Å²) in [7, 11) is 0.592. The Balaban J connectivity index is 2.34. The number of nitrogens with zero attached hydrogens (tertiary/aromatic N) is 2. The summed E-state index contributed by atoms with van der Waals surface area (Å²) in [6.07, 6.45) is 0. The third kappa shape index (κ3) is 3.34. The molecule has 1 fully saturated rings. The average Bonchev–Trinajstić information content (AvgIpc) is 2.60. The lowest BCUT2D eigenvalue weighted by Gasteiger charge is -2.34. The molecule has 134 valence electrons. The smallest absolute Gasteiger partial charge is 0.243 e. The van der Waals surface area contributed by atoms with Crippen molar-refractivity contribution in [2.75, 3.05) is 47.5 Å². The molecule has 1 aliphatic rings. The highest BCUT2D eigenvalue weighted by atomic mass is 32.2. The lowest BCUT2D eigenvalue weighted by Crippen LogP contribution is -2.52. The van der Waals surface area contributed by atoms with Gasteiger partial charge in [0.2, 0.25) is 15.8 Å². The summed E-state index contributed by atoms with van der Waals surface area (Å²) >= 11 is 0. The Kier molecular flexibility index (Phi) is 5.40. The molecular formula is C14H22N4O5S. The third-order valence-corrected chi connectivity index (χ3v) is 5.73. The lowest BCUT2D eigenvalue weighted by molar-refractivity contribution is 0.263. The molecule has 0 bridgehead atoms. The van der Waals surface area contributed by atoms with Gasteiger partial charge in [-0.2, -0.15) is 4.31 Å². The Morgan fingerprint density at radius 2 is 1.54 bits per heavy atom. The molecule has 3 N–H and O–H groups in total. The van der Waals surface area contributed by atoms with Crippen LogP contribution in [0.3, 0.4) is 0 Å². The van der Waals surface area contributed by atoms with Crippen LogP contribution < -0.4 is 19.9 Å². The number of rotatable bonds is 5. The van der Waals surface area contributed by atoms with Crippen LogP contribution in [0.1, 0.15) is 0 Å². The molecule has 0 amide bonds. The van der Waals surface area contributed by atoms with Crippen molar-refractivity contribution in [2.45, 2.75) is 4.90 Å². The predicted molar refractivity (Wildman–Crippen MR) is 88.3 cm³/mol. The van der Waals surface area contributed by atoms with Gasteiger partial charge in [0.25, 0.3) is 0 Å². The first-order valence-electron chi connectivity index (χ1n) is 7.24. The lowest BCUT2D eigenvalue weighted by atomic mass is 10.3. The molecule has 24 heavy (non-hydrogen) atoms. The zero-order valence-electron chi connectivity index (χ0n) is 13.9. The molecule has 10 heteroatoms. The SMILES string of the molecule is COc1cc(S(=O)(=O)N2CCN(C(=N)N)CC2)cc(OC)c1OC. The molecule has 0 saturated carbocycles. The number of piperazine rings is 1. The fourth-order valence-electron chi connectivity index (χ4n) is 2.52. The van der Waals surface area contributed by atoms with E-state index >= 15 is 0 Å². The molecule has 1 heterocycles. The summed E-state index contributed by atoms with van der Waals surface area (Å²) in [5.41, 5.74) is 5.43. The number of benzene rings is 1. The molecule has 1 saturated heterocycles. The van der Waals surface area contributed by atoms with E-state index in [1.165, 1.54) is 37.8 Å². The molecule has 0 unspecified atom stereocenters. The van der Waals surface area contributed by atoms with Gasteiger partial charge in [-0.1, -0.05) is 0 Å². The van der Waals surface area contributed by atoms with E-state index in [2.05, 4.69) is 0 Å². The zero-order chi connectivity index (χ0) is 17.9. The number of hydrogen-bond acceptors (Lipinski definition) is 6. The quantitative estimate of drug-likeness (QED) is 0.558. The summed E-state index contributed by atoms with van der Waals surface area (Å²) in [6, 6.07) is 2.82. The van der Waals surface area contributed by atoms with Gasteiger partial charge in [-0.15, -0.1) is 0 Å². The van der Waals surface area contributed by atoms with E-state index in [1.807, 2.05) is 0 Å². The van der Waals surface area contributed by atoms with Gasteiger partial charge in [-0.05, 0) is 0 Å². The predicted octanol–water partition coefficient (Wildman–Crippen LogP) is -0.0878. The van der Waals surface area contributed by atoms with Gasteiger partial charge in [-0.3, -0.25) is 5.41 Å². The van der Waals surface area contributed by atoms with Crippen molar-refractivity contribution >= 4 is 16.0 Å². The van der Waals surface area contributed by atoms with Crippen molar-refractivity contribution in [1.29, 1.82) is 5.41 Å². The van der Waals surface area contributed by atoms with E-state index < -0.39 is 10.0 Å². The van der Waals surface area contributed by atoms with Crippen molar-refractivity contribution < 1.29 is 22.6 Å². The van der Waals surface area contributed by atoms with Crippen LogP contribution in [0.15, 0.2) is 17.0 Å². The van der Waals surface area contributed by atoms with Crippen molar-refractivity contribution in [1.82, 2.24) is 9.21 Å². The van der Waals surface area contributed by atoms with Gasteiger partial charge in [-0.25, -0.2) is 8.42 Å². The van der Waals surface area contributed by atoms with E-state index in [0.717, 1.165) is 0 Å². The van der Waals surface area contributed by atoms with Crippen molar-refractivity contribution in [3.63, 3.8) is 0 Å². The monoisotopic (exact) mass is 358 g/mol. The Labute approximate surface area is 141 Å². The minimum Gasteiger partial charge on any atom is -0.493 e. The van der Waals surface area contributed by atoms with Crippen LogP contribution >= 0.6 is 0 Å². The summed E-state index contributed by atoms with van der Waals surface area (Å²) in [5, 5.41) is 7.41. The minimum atomic E-state index is -3.72. The zero-order valence-corrected chi connectivity index (χ0v) is 14.7. The van der Waals surface area contributed by atoms with Crippen LogP contribution in [-0.2, 0) is 10.0 Å². The fraction of sp³-hybridized carbons (Fsp3) is 0.500. The van der Waals surface area contributed by atoms with Crippen LogP contribution in [0.5, 0.6) is 17.2 Å². The molecule has 1 aromatic carbocycles. The first-order chi connectivity index (χ1) is 11.3. The number of ether oxygens (including phenoxy) is 3. The van der Waals surface area contributed by atoms with E-state index in [1.54, 1.807) is 4.90 Å². The number of nitrogens with one attached hydrogen (secondary N) is 1. The van der Waals surface area contributed by atoms with E-state index in [0.29, 0.717) is 18.8 Å². The maximum Gasteiger partial charge on any atom is 0.243 e. The second-order valence-corrected chi connectivity index (χ2v) is 7.08. The summed E-state index contributed by atoms with van der Waals surface area (Å²) in [6.45, 7) is 1.25. The number of methoxy groups -OCH3 is 3. The van der Waals surface area contributed by atoms with Crippen LogP contribution in [0.25, 0.3) is 0 Å². The largest absolute Gasteiger partial charge is 0.493 e. The van der Waals surface area contributed by atoms with Crippen molar-refractivity contribution in [3.8, 4) is 17.2 Å². The van der Waals surface area contributed by atoms with Gasteiger partial charge in [0.1, 0.15) is 0 Å². The van der Waals surface area contributed by atoms with Crippen LogP contribution in [0, 0.1) is 5.41 Å². The Morgan fingerprint density at radius 3 is 1.92 bits per heavy atom. The van der Waals surface area contributed by atoms with Gasteiger partial charge in [0, 0.05) is 38.3 Å². The third-order valence-electron chi connectivity index (χ3n) is 3.86. The normalized spacial score (nSPS) is 15.9.